The summed E-state index contributed by atoms with van der Waals surface area (Å²) in [4.78, 5) is 18.2. The van der Waals surface area contributed by atoms with Crippen molar-refractivity contribution in [1.29, 1.82) is 0 Å². The highest BCUT2D eigenvalue weighted by Gasteiger charge is 2.25. The molecule has 0 spiro atoms. The summed E-state index contributed by atoms with van der Waals surface area (Å²) in [5, 5.41) is 2.98. The van der Waals surface area contributed by atoms with E-state index in [-0.39, 0.29) is 17.8 Å². The van der Waals surface area contributed by atoms with Gasteiger partial charge in [-0.3, -0.25) is 4.79 Å². The molecule has 0 saturated heterocycles. The minimum absolute atomic E-state index is 0.336. The van der Waals surface area contributed by atoms with Crippen LogP contribution in [0.3, 0.4) is 0 Å². The molecule has 162 valence electrons. The summed E-state index contributed by atoms with van der Waals surface area (Å²) < 4.78 is 29.1. The molecule has 1 unspecified atom stereocenters. The lowest BCUT2D eigenvalue weighted by Crippen LogP contribution is -2.29. The van der Waals surface area contributed by atoms with Crippen LogP contribution in [0.4, 0.5) is 8.78 Å². The number of hydrogen-bond acceptors (Lipinski definition) is 2. The number of carbonyl (C=O) groups is 1. The number of amides is 1. The normalized spacial score (nSPS) is 11.9. The second-order valence-corrected chi connectivity index (χ2v) is 7.50. The van der Waals surface area contributed by atoms with E-state index in [1.165, 1.54) is 24.3 Å². The number of halogens is 2. The lowest BCUT2D eigenvalue weighted by molar-refractivity contribution is 0.0931. The van der Waals surface area contributed by atoms with E-state index in [0.717, 1.165) is 11.1 Å². The Morgan fingerprint density at radius 3 is 2.28 bits per heavy atom. The van der Waals surface area contributed by atoms with Crippen molar-refractivity contribution in [2.24, 2.45) is 0 Å². The van der Waals surface area contributed by atoms with Gasteiger partial charge in [0.15, 0.2) is 0 Å². The predicted octanol–water partition coefficient (Wildman–Crippen LogP) is 6.01. The van der Waals surface area contributed by atoms with Crippen molar-refractivity contribution in [3.05, 3.63) is 102 Å². The van der Waals surface area contributed by atoms with Crippen LogP contribution in [0.2, 0.25) is 0 Å². The molecule has 0 aliphatic heterocycles. The van der Waals surface area contributed by atoms with Crippen molar-refractivity contribution in [2.45, 2.75) is 26.4 Å². The van der Waals surface area contributed by atoms with E-state index in [2.05, 4.69) is 5.32 Å². The first-order chi connectivity index (χ1) is 15.5. The average molecular weight is 431 g/mol. The van der Waals surface area contributed by atoms with Crippen molar-refractivity contribution < 1.29 is 13.6 Å². The minimum Gasteiger partial charge on any atom is -0.344 e. The Balaban J connectivity index is 1.80. The molecule has 6 heteroatoms. The molecule has 0 fully saturated rings. The van der Waals surface area contributed by atoms with Gasteiger partial charge in [-0.05, 0) is 43.7 Å². The van der Waals surface area contributed by atoms with Gasteiger partial charge in [0, 0.05) is 17.7 Å². The molecule has 3 aromatic carbocycles. The van der Waals surface area contributed by atoms with E-state index in [4.69, 9.17) is 4.98 Å². The van der Waals surface area contributed by atoms with E-state index in [0.29, 0.717) is 29.3 Å². The Bertz CT molecular complexity index is 1230. The Morgan fingerprint density at radius 1 is 0.938 bits per heavy atom. The summed E-state index contributed by atoms with van der Waals surface area (Å²) in [6.07, 6.45) is 0. The molecule has 1 amide bonds. The van der Waals surface area contributed by atoms with Gasteiger partial charge >= 0.3 is 0 Å². The molecule has 4 aromatic rings. The third-order valence-corrected chi connectivity index (χ3v) is 5.35. The maximum atomic E-state index is 14.0. The van der Waals surface area contributed by atoms with E-state index >= 15 is 0 Å². The summed E-state index contributed by atoms with van der Waals surface area (Å²) >= 11 is 0. The van der Waals surface area contributed by atoms with E-state index in [9.17, 15) is 13.6 Å². The van der Waals surface area contributed by atoms with Gasteiger partial charge in [0.25, 0.3) is 5.91 Å². The fourth-order valence-corrected chi connectivity index (χ4v) is 3.74. The highest BCUT2D eigenvalue weighted by molar-refractivity contribution is 5.99. The molecule has 1 heterocycles. The first kappa shape index (κ1) is 21.4. The van der Waals surface area contributed by atoms with Crippen molar-refractivity contribution in [1.82, 2.24) is 14.9 Å². The van der Waals surface area contributed by atoms with E-state index in [1.54, 1.807) is 24.3 Å². The van der Waals surface area contributed by atoms with Gasteiger partial charge in [-0.15, -0.1) is 0 Å². The van der Waals surface area contributed by atoms with E-state index < -0.39 is 5.82 Å². The van der Waals surface area contributed by atoms with Crippen LogP contribution in [0.1, 0.15) is 35.9 Å². The minimum atomic E-state index is -0.402. The molecule has 0 aliphatic rings. The topological polar surface area (TPSA) is 46.9 Å². The lowest BCUT2D eigenvalue weighted by Gasteiger charge is -2.16. The number of carbonyl (C=O) groups excluding carboxylic acids is 1. The van der Waals surface area contributed by atoms with Crippen LogP contribution in [-0.4, -0.2) is 15.5 Å². The third kappa shape index (κ3) is 4.30. The monoisotopic (exact) mass is 431 g/mol. The van der Waals surface area contributed by atoms with Crippen LogP contribution < -0.4 is 5.32 Å². The number of nitrogens with one attached hydrogen (secondary N) is 1. The second kappa shape index (κ2) is 9.14. The first-order valence-corrected chi connectivity index (χ1v) is 10.5. The second-order valence-electron chi connectivity index (χ2n) is 7.50. The zero-order valence-corrected chi connectivity index (χ0v) is 17.8. The highest BCUT2D eigenvalue weighted by atomic mass is 19.1. The number of aromatic nitrogens is 2. The van der Waals surface area contributed by atoms with Gasteiger partial charge < -0.3 is 9.88 Å². The zero-order chi connectivity index (χ0) is 22.7. The lowest BCUT2D eigenvalue weighted by atomic mass is 10.1. The molecule has 1 aromatic heterocycles. The van der Waals surface area contributed by atoms with Gasteiger partial charge in [0.2, 0.25) is 0 Å². The maximum absolute atomic E-state index is 14.0. The molecular formula is C26H23F2N3O. The maximum Gasteiger partial charge on any atom is 0.270 e. The smallest absolute Gasteiger partial charge is 0.270 e. The Hall–Kier alpha value is -3.80. The van der Waals surface area contributed by atoms with E-state index in [1.807, 2.05) is 48.7 Å². The SMILES string of the molecule is CCn1c(-c2ccccc2)nc(-c2cccc(F)c2)c1C(=O)NC(C)c1ccc(F)cc1. The molecule has 32 heavy (non-hydrogen) atoms. The molecule has 4 rings (SSSR count). The Labute approximate surface area is 185 Å². The standard InChI is InChI=1S/C26H23F2N3O/c1-3-31-24(26(32)29-17(2)18-12-14-21(27)15-13-18)23(20-10-7-11-22(28)16-20)30-25(31)19-8-5-4-6-9-19/h4-17H,3H2,1-2H3,(H,29,32). The fourth-order valence-electron chi connectivity index (χ4n) is 3.74. The summed E-state index contributed by atoms with van der Waals surface area (Å²) in [5.74, 6) is -0.442. The summed E-state index contributed by atoms with van der Waals surface area (Å²) in [6.45, 7) is 4.27. The molecular weight excluding hydrogens is 408 g/mol. The van der Waals surface area contributed by atoms with Crippen LogP contribution in [0.25, 0.3) is 22.6 Å². The molecule has 1 atom stereocenters. The summed E-state index contributed by atoms with van der Waals surface area (Å²) in [6, 6.07) is 21.3. The number of imidazole rings is 1. The van der Waals surface area contributed by atoms with Crippen molar-refractivity contribution in [3.63, 3.8) is 0 Å². The molecule has 0 aliphatic carbocycles. The molecule has 4 nitrogen and oxygen atoms in total. The van der Waals surface area contributed by atoms with Crippen molar-refractivity contribution in [3.8, 4) is 22.6 Å². The van der Waals surface area contributed by atoms with Crippen LogP contribution in [0.15, 0.2) is 78.9 Å². The predicted molar refractivity (Wildman–Crippen MR) is 121 cm³/mol. The number of benzene rings is 3. The third-order valence-electron chi connectivity index (χ3n) is 5.35. The van der Waals surface area contributed by atoms with Gasteiger partial charge in [-0.1, -0.05) is 54.6 Å². The fraction of sp³-hybridized carbons (Fsp3) is 0.154. The number of nitrogens with zero attached hydrogens (tertiary/aromatic N) is 2. The van der Waals surface area contributed by atoms with Crippen LogP contribution >= 0.6 is 0 Å². The summed E-state index contributed by atoms with van der Waals surface area (Å²) in [5.41, 5.74) is 2.92. The van der Waals surface area contributed by atoms with Gasteiger partial charge in [-0.2, -0.15) is 0 Å². The molecule has 0 saturated carbocycles. The van der Waals surface area contributed by atoms with Crippen molar-refractivity contribution >= 4 is 5.91 Å². The molecule has 1 N–H and O–H groups in total. The van der Waals surface area contributed by atoms with Gasteiger partial charge in [0.1, 0.15) is 28.8 Å². The van der Waals surface area contributed by atoms with Crippen molar-refractivity contribution in [2.75, 3.05) is 0 Å². The first-order valence-electron chi connectivity index (χ1n) is 10.5. The van der Waals surface area contributed by atoms with Crippen LogP contribution in [0.5, 0.6) is 0 Å². The zero-order valence-electron chi connectivity index (χ0n) is 17.8. The van der Waals surface area contributed by atoms with Crippen LogP contribution in [-0.2, 0) is 6.54 Å². The molecule has 0 radical (unpaired) electrons. The Morgan fingerprint density at radius 2 is 1.62 bits per heavy atom. The molecule has 0 bridgehead atoms. The quantitative estimate of drug-likeness (QED) is 0.407. The summed E-state index contributed by atoms with van der Waals surface area (Å²) in [7, 11) is 0. The number of rotatable bonds is 6. The van der Waals surface area contributed by atoms with Gasteiger partial charge in [-0.25, -0.2) is 13.8 Å². The average Bonchev–Trinajstić information content (AvgIpc) is 3.20. The van der Waals surface area contributed by atoms with Crippen LogP contribution in [0, 0.1) is 11.6 Å². The highest BCUT2D eigenvalue weighted by Crippen LogP contribution is 2.30. The Kier molecular flexibility index (Phi) is 6.12. The van der Waals surface area contributed by atoms with Gasteiger partial charge in [0.05, 0.1) is 6.04 Å². The number of hydrogen-bond donors (Lipinski definition) is 1. The largest absolute Gasteiger partial charge is 0.344 e.